The molecule has 0 unspecified atom stereocenters. The van der Waals surface area contributed by atoms with Gasteiger partial charge in [0.2, 0.25) is 0 Å². The molecule has 0 aliphatic carbocycles. The Morgan fingerprint density at radius 1 is 1.19 bits per heavy atom. The van der Waals surface area contributed by atoms with Crippen molar-refractivity contribution in [1.82, 2.24) is 9.13 Å². The van der Waals surface area contributed by atoms with E-state index in [1.54, 1.807) is 35.6 Å². The maximum atomic E-state index is 14.3. The minimum Gasteiger partial charge on any atom is -0.300 e. The van der Waals surface area contributed by atoms with E-state index in [1.165, 1.54) is 35.0 Å². The summed E-state index contributed by atoms with van der Waals surface area (Å²) in [7, 11) is 0. The maximum absolute atomic E-state index is 14.3. The molecule has 0 spiro atoms. The minimum absolute atomic E-state index is 0.224. The topological polar surface area (TPSA) is 44.0 Å². The number of aryl methyl sites for hydroxylation is 1. The number of nitrogens with zero attached hydrogens (tertiary/aromatic N) is 2. The average molecular weight is 406 g/mol. The molecule has 0 radical (unpaired) electrons. The molecule has 1 heterocycles. The number of alkyl halides is 2. The fourth-order valence-corrected chi connectivity index (χ4v) is 2.58. The molecule has 7 heteroatoms. The minimum atomic E-state index is -3.29. The normalized spacial score (nSPS) is 11.6. The van der Waals surface area contributed by atoms with Gasteiger partial charge >= 0.3 is 5.69 Å². The summed E-state index contributed by atoms with van der Waals surface area (Å²) < 4.78 is 30.6. The zero-order valence-electron chi connectivity index (χ0n) is 11.2. The molecule has 0 amide bonds. The van der Waals surface area contributed by atoms with E-state index in [1.807, 2.05) is 0 Å². The molecule has 0 bridgehead atoms. The van der Waals surface area contributed by atoms with Crippen molar-refractivity contribution in [3.8, 4) is 0 Å². The van der Waals surface area contributed by atoms with Gasteiger partial charge in [-0.2, -0.15) is 8.78 Å². The molecule has 1 aromatic carbocycles. The third-order valence-corrected chi connectivity index (χ3v) is 3.83. The van der Waals surface area contributed by atoms with Gasteiger partial charge < -0.3 is 0 Å². The van der Waals surface area contributed by atoms with Gasteiger partial charge in [-0.15, -0.1) is 0 Å². The zero-order valence-corrected chi connectivity index (χ0v) is 13.4. The first-order valence-corrected chi connectivity index (χ1v) is 7.38. The molecule has 2 aromatic rings. The summed E-state index contributed by atoms with van der Waals surface area (Å²) in [6.45, 7) is 1.05. The van der Waals surface area contributed by atoms with Gasteiger partial charge in [0.1, 0.15) is 0 Å². The number of hydrogen-bond donors (Lipinski definition) is 0. The van der Waals surface area contributed by atoms with Crippen molar-refractivity contribution in [2.24, 2.45) is 0 Å². The lowest BCUT2D eigenvalue weighted by Gasteiger charge is -2.18. The molecular formula is C14H13F2IN2O2. The lowest BCUT2D eigenvalue weighted by atomic mass is 10.1. The van der Waals surface area contributed by atoms with Gasteiger partial charge in [-0.25, -0.2) is 4.79 Å². The molecule has 0 atom stereocenters. The highest BCUT2D eigenvalue weighted by atomic mass is 127. The lowest BCUT2D eigenvalue weighted by Crippen LogP contribution is -2.44. The van der Waals surface area contributed by atoms with E-state index in [-0.39, 0.29) is 9.13 Å². The van der Waals surface area contributed by atoms with Gasteiger partial charge in [-0.1, -0.05) is 30.3 Å². The van der Waals surface area contributed by atoms with Crippen molar-refractivity contribution in [2.75, 3.05) is 0 Å². The highest BCUT2D eigenvalue weighted by Crippen LogP contribution is 2.28. The third-order valence-electron chi connectivity index (χ3n) is 3.09. The molecule has 0 saturated heterocycles. The second-order valence-corrected chi connectivity index (χ2v) is 5.67. The standard InChI is InChI=1S/C14H13F2IN2O2/c1-2-18-8-11(17)12(20)19(13(18)21)9-14(15,16)10-6-4-3-5-7-10/h3-8H,2,9H2,1H3. The smallest absolute Gasteiger partial charge is 0.300 e. The molecule has 21 heavy (non-hydrogen) atoms. The Labute approximate surface area is 133 Å². The van der Waals surface area contributed by atoms with Crippen LogP contribution in [0.15, 0.2) is 46.1 Å². The number of aromatic nitrogens is 2. The predicted molar refractivity (Wildman–Crippen MR) is 83.7 cm³/mol. The first kappa shape index (κ1) is 15.9. The second kappa shape index (κ2) is 6.08. The Morgan fingerprint density at radius 3 is 2.38 bits per heavy atom. The van der Waals surface area contributed by atoms with Crippen molar-refractivity contribution < 1.29 is 8.78 Å². The predicted octanol–water partition coefficient (Wildman–Crippen LogP) is 2.43. The van der Waals surface area contributed by atoms with Crippen molar-refractivity contribution in [3.63, 3.8) is 0 Å². The van der Waals surface area contributed by atoms with Gasteiger partial charge in [0.15, 0.2) is 0 Å². The Morgan fingerprint density at radius 2 is 1.81 bits per heavy atom. The summed E-state index contributed by atoms with van der Waals surface area (Å²) in [6, 6.07) is 7.16. The van der Waals surface area contributed by atoms with Crippen LogP contribution in [0.5, 0.6) is 0 Å². The van der Waals surface area contributed by atoms with Crippen LogP contribution in [0.2, 0.25) is 0 Å². The Hall–Kier alpha value is -1.51. The Bertz CT molecular complexity index is 754. The summed E-state index contributed by atoms with van der Waals surface area (Å²) in [5, 5.41) is 0. The summed E-state index contributed by atoms with van der Waals surface area (Å²) in [4.78, 5) is 24.0. The van der Waals surface area contributed by atoms with Crippen molar-refractivity contribution >= 4 is 22.6 Å². The van der Waals surface area contributed by atoms with E-state index in [9.17, 15) is 18.4 Å². The average Bonchev–Trinajstić information content (AvgIpc) is 2.48. The summed E-state index contributed by atoms with van der Waals surface area (Å²) in [5.41, 5.74) is -1.64. The number of hydrogen-bond acceptors (Lipinski definition) is 2. The van der Waals surface area contributed by atoms with Gasteiger partial charge in [0.05, 0.1) is 10.1 Å². The van der Waals surface area contributed by atoms with Crippen molar-refractivity contribution in [1.29, 1.82) is 0 Å². The number of halogens is 3. The quantitative estimate of drug-likeness (QED) is 0.733. The van der Waals surface area contributed by atoms with E-state index in [0.717, 1.165) is 0 Å². The highest BCUT2D eigenvalue weighted by molar-refractivity contribution is 14.1. The first-order valence-electron chi connectivity index (χ1n) is 6.30. The van der Waals surface area contributed by atoms with E-state index in [0.29, 0.717) is 11.1 Å². The molecule has 0 aliphatic rings. The van der Waals surface area contributed by atoms with Crippen LogP contribution in [-0.4, -0.2) is 9.13 Å². The molecular weight excluding hydrogens is 393 g/mol. The van der Waals surface area contributed by atoms with Crippen LogP contribution in [0.3, 0.4) is 0 Å². The fraction of sp³-hybridized carbons (Fsp3) is 0.286. The molecule has 0 saturated carbocycles. The van der Waals surface area contributed by atoms with Crippen LogP contribution >= 0.6 is 22.6 Å². The SMILES string of the molecule is CCn1cc(I)c(=O)n(CC(F)(F)c2ccccc2)c1=O. The number of rotatable bonds is 4. The third kappa shape index (κ3) is 3.22. The summed E-state index contributed by atoms with van der Waals surface area (Å²) >= 11 is 1.74. The van der Waals surface area contributed by atoms with Gasteiger partial charge in [-0.05, 0) is 29.5 Å². The van der Waals surface area contributed by atoms with Crippen LogP contribution in [0.25, 0.3) is 0 Å². The summed E-state index contributed by atoms with van der Waals surface area (Å²) in [5.74, 6) is -3.29. The van der Waals surface area contributed by atoms with Crippen molar-refractivity contribution in [3.05, 3.63) is 66.5 Å². The van der Waals surface area contributed by atoms with Gasteiger partial charge in [-0.3, -0.25) is 13.9 Å². The molecule has 0 fully saturated rings. The lowest BCUT2D eigenvalue weighted by molar-refractivity contribution is -0.0247. The highest BCUT2D eigenvalue weighted by Gasteiger charge is 2.33. The number of benzene rings is 1. The largest absolute Gasteiger partial charge is 0.331 e. The van der Waals surface area contributed by atoms with Crippen LogP contribution in [0.1, 0.15) is 12.5 Å². The van der Waals surface area contributed by atoms with E-state index >= 15 is 0 Å². The van der Waals surface area contributed by atoms with Crippen LogP contribution < -0.4 is 11.2 Å². The fourth-order valence-electron chi connectivity index (χ4n) is 1.96. The molecule has 0 aliphatic heterocycles. The van der Waals surface area contributed by atoms with Crippen molar-refractivity contribution in [2.45, 2.75) is 25.9 Å². The van der Waals surface area contributed by atoms with E-state index in [2.05, 4.69) is 0 Å². The Kier molecular flexibility index (Phi) is 4.60. The zero-order chi connectivity index (χ0) is 15.6. The molecule has 0 N–H and O–H groups in total. The molecule has 1 aromatic heterocycles. The van der Waals surface area contributed by atoms with E-state index in [4.69, 9.17) is 0 Å². The first-order chi connectivity index (χ1) is 9.86. The monoisotopic (exact) mass is 406 g/mol. The van der Waals surface area contributed by atoms with E-state index < -0.39 is 23.7 Å². The van der Waals surface area contributed by atoms with Crippen LogP contribution in [0.4, 0.5) is 8.78 Å². The Balaban J connectivity index is 2.52. The summed E-state index contributed by atoms with van der Waals surface area (Å²) in [6.07, 6.45) is 1.38. The van der Waals surface area contributed by atoms with Crippen LogP contribution in [0, 0.1) is 3.57 Å². The van der Waals surface area contributed by atoms with Crippen LogP contribution in [-0.2, 0) is 19.0 Å². The van der Waals surface area contributed by atoms with Gasteiger partial charge in [0, 0.05) is 18.3 Å². The molecule has 4 nitrogen and oxygen atoms in total. The maximum Gasteiger partial charge on any atom is 0.331 e. The van der Waals surface area contributed by atoms with Gasteiger partial charge in [0.25, 0.3) is 11.5 Å². The second-order valence-electron chi connectivity index (χ2n) is 4.51. The molecule has 112 valence electrons. The molecule has 2 rings (SSSR count).